The van der Waals surface area contributed by atoms with Gasteiger partial charge in [0.2, 0.25) is 0 Å². The van der Waals surface area contributed by atoms with E-state index in [-0.39, 0.29) is 12.0 Å². The zero-order chi connectivity index (χ0) is 6.72. The molecule has 0 aromatic carbocycles. The van der Waals surface area contributed by atoms with Gasteiger partial charge in [0.25, 0.3) is 0 Å². The Bertz CT molecular complexity index is 231. The van der Waals surface area contributed by atoms with E-state index in [2.05, 4.69) is 6.08 Å². The first-order valence-corrected chi connectivity index (χ1v) is 3.74. The van der Waals surface area contributed by atoms with Gasteiger partial charge in [-0.2, -0.15) is 0 Å². The number of hydrogen-bond acceptors (Lipinski definition) is 2. The van der Waals surface area contributed by atoms with Gasteiger partial charge in [0.1, 0.15) is 6.10 Å². The standard InChI is InChI=1S/C8H8O2/c9-6-4-2-1-3-5(4)7-8(6)10-7/h1-2,4-5,7-8H,3H2/t4-,5+,7-,8+/m1/s1. The highest BCUT2D eigenvalue weighted by atomic mass is 16.6. The van der Waals surface area contributed by atoms with E-state index in [1.54, 1.807) is 0 Å². The topological polar surface area (TPSA) is 29.6 Å². The van der Waals surface area contributed by atoms with Crippen molar-refractivity contribution in [2.45, 2.75) is 18.6 Å². The highest BCUT2D eigenvalue weighted by Crippen LogP contribution is 2.49. The van der Waals surface area contributed by atoms with E-state index in [1.807, 2.05) is 6.08 Å². The van der Waals surface area contributed by atoms with Crippen LogP contribution in [0.5, 0.6) is 0 Å². The number of rotatable bonds is 0. The molecule has 0 amide bonds. The molecule has 1 saturated heterocycles. The molecular formula is C8H8O2. The second-order valence-corrected chi connectivity index (χ2v) is 3.28. The van der Waals surface area contributed by atoms with Crippen LogP contribution in [0.25, 0.3) is 0 Å². The first kappa shape index (κ1) is 5.08. The molecule has 4 atom stereocenters. The molecule has 0 unspecified atom stereocenters. The summed E-state index contributed by atoms with van der Waals surface area (Å²) in [5.74, 6) is 1.06. The van der Waals surface area contributed by atoms with Crippen LogP contribution in [0.3, 0.4) is 0 Å². The first-order valence-electron chi connectivity index (χ1n) is 3.74. The summed E-state index contributed by atoms with van der Waals surface area (Å²) < 4.78 is 5.19. The van der Waals surface area contributed by atoms with Crippen LogP contribution in [-0.4, -0.2) is 18.0 Å². The molecule has 0 radical (unpaired) electrons. The maximum absolute atomic E-state index is 11.3. The molecule has 0 spiro atoms. The molecule has 1 saturated carbocycles. The summed E-state index contributed by atoms with van der Waals surface area (Å²) in [6.07, 6.45) is 5.50. The molecule has 52 valence electrons. The van der Waals surface area contributed by atoms with E-state index in [4.69, 9.17) is 4.74 Å². The number of Topliss-reactive ketones (excluding diaryl/α,β-unsaturated/α-hetero) is 1. The number of ketones is 1. The first-order chi connectivity index (χ1) is 4.88. The van der Waals surface area contributed by atoms with Crippen LogP contribution < -0.4 is 0 Å². The summed E-state index contributed by atoms with van der Waals surface area (Å²) in [6.45, 7) is 0. The quantitative estimate of drug-likeness (QED) is 0.359. The normalized spacial score (nSPS) is 55.0. The second kappa shape index (κ2) is 1.35. The Morgan fingerprint density at radius 1 is 1.60 bits per heavy atom. The van der Waals surface area contributed by atoms with Crippen molar-refractivity contribution in [3.8, 4) is 0 Å². The van der Waals surface area contributed by atoms with Crippen molar-refractivity contribution < 1.29 is 9.53 Å². The molecule has 3 rings (SSSR count). The van der Waals surface area contributed by atoms with Crippen molar-refractivity contribution in [1.29, 1.82) is 0 Å². The van der Waals surface area contributed by atoms with Crippen LogP contribution in [0.1, 0.15) is 6.42 Å². The van der Waals surface area contributed by atoms with Crippen molar-refractivity contribution in [2.75, 3.05) is 0 Å². The average Bonchev–Trinajstić information content (AvgIpc) is 2.48. The van der Waals surface area contributed by atoms with E-state index in [9.17, 15) is 4.79 Å². The third kappa shape index (κ3) is 0.399. The predicted molar refractivity (Wildman–Crippen MR) is 34.4 cm³/mol. The molecule has 2 aliphatic carbocycles. The van der Waals surface area contributed by atoms with Crippen LogP contribution in [0.15, 0.2) is 12.2 Å². The van der Waals surface area contributed by atoms with Gasteiger partial charge in [-0.25, -0.2) is 0 Å². The largest absolute Gasteiger partial charge is 0.361 e. The third-order valence-electron chi connectivity index (χ3n) is 2.77. The van der Waals surface area contributed by atoms with E-state index >= 15 is 0 Å². The predicted octanol–water partition coefficient (Wildman–Crippen LogP) is 0.529. The smallest absolute Gasteiger partial charge is 0.171 e. The molecule has 0 aromatic heterocycles. The molecule has 2 heteroatoms. The molecule has 0 bridgehead atoms. The Morgan fingerprint density at radius 2 is 2.50 bits per heavy atom. The highest BCUT2D eigenvalue weighted by Gasteiger charge is 2.61. The fourth-order valence-corrected chi connectivity index (χ4v) is 2.18. The minimum absolute atomic E-state index is 0.0000463. The van der Waals surface area contributed by atoms with Gasteiger partial charge in [-0.3, -0.25) is 4.79 Å². The molecule has 1 heterocycles. The molecule has 1 aliphatic heterocycles. The van der Waals surface area contributed by atoms with Crippen molar-refractivity contribution in [1.82, 2.24) is 0 Å². The Morgan fingerprint density at radius 3 is 3.30 bits per heavy atom. The number of ether oxygens (including phenoxy) is 1. The van der Waals surface area contributed by atoms with Crippen molar-refractivity contribution in [2.24, 2.45) is 11.8 Å². The maximum Gasteiger partial charge on any atom is 0.171 e. The summed E-state index contributed by atoms with van der Waals surface area (Å²) >= 11 is 0. The minimum Gasteiger partial charge on any atom is -0.361 e. The maximum atomic E-state index is 11.3. The summed E-state index contributed by atoms with van der Waals surface area (Å²) in [4.78, 5) is 11.3. The SMILES string of the molecule is O=C1[C@@H]2C=CC[C@@H]2[C@H]2O[C@@H]12. The van der Waals surface area contributed by atoms with Gasteiger partial charge in [-0.1, -0.05) is 12.2 Å². The van der Waals surface area contributed by atoms with Gasteiger partial charge in [0.05, 0.1) is 6.10 Å². The number of carbonyl (C=O) groups is 1. The zero-order valence-electron chi connectivity index (χ0n) is 5.49. The Hall–Kier alpha value is -0.630. The molecule has 2 nitrogen and oxygen atoms in total. The van der Waals surface area contributed by atoms with Gasteiger partial charge in [0, 0.05) is 11.8 Å². The second-order valence-electron chi connectivity index (χ2n) is 3.28. The third-order valence-corrected chi connectivity index (χ3v) is 2.77. The summed E-state index contributed by atoms with van der Waals surface area (Å²) in [6, 6.07) is 0. The Kier molecular flexibility index (Phi) is 0.684. The van der Waals surface area contributed by atoms with Crippen LogP contribution in [0.2, 0.25) is 0 Å². The van der Waals surface area contributed by atoms with Crippen molar-refractivity contribution in [3.05, 3.63) is 12.2 Å². The molecule has 0 aromatic rings. The molecule has 0 N–H and O–H groups in total. The van der Waals surface area contributed by atoms with E-state index in [0.29, 0.717) is 17.8 Å². The lowest BCUT2D eigenvalue weighted by Crippen LogP contribution is -2.15. The lowest BCUT2D eigenvalue weighted by Gasteiger charge is -2.08. The Labute approximate surface area is 58.9 Å². The van der Waals surface area contributed by atoms with Crippen LogP contribution in [0, 0.1) is 11.8 Å². The molecule has 2 fully saturated rings. The van der Waals surface area contributed by atoms with Crippen molar-refractivity contribution >= 4 is 5.78 Å². The number of allylic oxidation sites excluding steroid dienone is 2. The van der Waals surface area contributed by atoms with Crippen LogP contribution in [0.4, 0.5) is 0 Å². The van der Waals surface area contributed by atoms with Gasteiger partial charge >= 0.3 is 0 Å². The number of carbonyl (C=O) groups excluding carboxylic acids is 1. The van der Waals surface area contributed by atoms with E-state index in [0.717, 1.165) is 6.42 Å². The zero-order valence-corrected chi connectivity index (χ0v) is 5.49. The highest BCUT2D eigenvalue weighted by molar-refractivity contribution is 5.93. The van der Waals surface area contributed by atoms with E-state index in [1.165, 1.54) is 0 Å². The number of epoxide rings is 1. The lowest BCUT2D eigenvalue weighted by molar-refractivity contribution is -0.123. The fraction of sp³-hybridized carbons (Fsp3) is 0.625. The van der Waals surface area contributed by atoms with Crippen molar-refractivity contribution in [3.63, 3.8) is 0 Å². The van der Waals surface area contributed by atoms with Crippen LogP contribution in [-0.2, 0) is 9.53 Å². The average molecular weight is 136 g/mol. The van der Waals surface area contributed by atoms with Crippen LogP contribution >= 0.6 is 0 Å². The molecule has 3 aliphatic rings. The molecule has 10 heavy (non-hydrogen) atoms. The number of hydrogen-bond donors (Lipinski definition) is 0. The monoisotopic (exact) mass is 136 g/mol. The minimum atomic E-state index is -0.0000463. The van der Waals surface area contributed by atoms with Gasteiger partial charge in [-0.05, 0) is 6.42 Å². The van der Waals surface area contributed by atoms with Gasteiger partial charge in [-0.15, -0.1) is 0 Å². The Balaban J connectivity index is 2.03. The summed E-state index contributed by atoms with van der Waals surface area (Å²) in [5, 5.41) is 0. The summed E-state index contributed by atoms with van der Waals surface area (Å²) in [5.41, 5.74) is 0. The summed E-state index contributed by atoms with van der Waals surface area (Å²) in [7, 11) is 0. The van der Waals surface area contributed by atoms with E-state index < -0.39 is 0 Å². The lowest BCUT2D eigenvalue weighted by atomic mass is 9.98. The molecular weight excluding hydrogens is 128 g/mol. The fourth-order valence-electron chi connectivity index (χ4n) is 2.18. The van der Waals surface area contributed by atoms with Gasteiger partial charge < -0.3 is 4.74 Å². The number of fused-ring (bicyclic) bond motifs is 3. The van der Waals surface area contributed by atoms with Gasteiger partial charge in [0.15, 0.2) is 5.78 Å².